The predicted octanol–water partition coefficient (Wildman–Crippen LogP) is 3.71. The van der Waals surface area contributed by atoms with Crippen LogP contribution in [-0.4, -0.2) is 27.4 Å². The highest BCUT2D eigenvalue weighted by atomic mass is 19.1. The van der Waals surface area contributed by atoms with Gasteiger partial charge in [0.2, 0.25) is 18.5 Å². The van der Waals surface area contributed by atoms with Crippen LogP contribution in [0, 0.1) is 5.82 Å². The summed E-state index contributed by atoms with van der Waals surface area (Å²) in [6.07, 6.45) is 1.75. The molecule has 0 saturated heterocycles. The fourth-order valence-corrected chi connectivity index (χ4v) is 3.12. The van der Waals surface area contributed by atoms with Gasteiger partial charge in [0.15, 0.2) is 11.5 Å². The number of halogens is 1. The molecular weight excluding hydrogens is 391 g/mol. The molecule has 0 radical (unpaired) electrons. The van der Waals surface area contributed by atoms with E-state index in [-0.39, 0.29) is 31.0 Å². The normalized spacial score (nSPS) is 12.2. The zero-order chi connectivity index (χ0) is 20.5. The lowest BCUT2D eigenvalue weighted by molar-refractivity contribution is -0.116. The van der Waals surface area contributed by atoms with Crippen LogP contribution in [0.4, 0.5) is 10.1 Å². The number of hydrogen-bond donors (Lipinski definition) is 1. The average molecular weight is 406 g/mol. The number of rotatable bonds is 5. The molecule has 1 N–H and O–H groups in total. The lowest BCUT2D eigenvalue weighted by atomic mass is 10.2. The fraction of sp³-hybridized carbons (Fsp3) is 0.0952. The summed E-state index contributed by atoms with van der Waals surface area (Å²) in [6.45, 7) is 0.217. The number of nitrogens with zero attached hydrogens (tertiary/aromatic N) is 3. The van der Waals surface area contributed by atoms with Gasteiger partial charge in [0, 0.05) is 23.5 Å². The Morgan fingerprint density at radius 2 is 1.93 bits per heavy atom. The number of nitrogens with one attached hydrogen (secondary N) is 1. The first kappa shape index (κ1) is 17.9. The molecule has 1 aliphatic rings. The van der Waals surface area contributed by atoms with E-state index in [1.807, 2.05) is 0 Å². The fourth-order valence-electron chi connectivity index (χ4n) is 3.12. The van der Waals surface area contributed by atoms with Gasteiger partial charge in [-0.3, -0.25) is 4.79 Å². The topological polar surface area (TPSA) is 91.4 Å². The third kappa shape index (κ3) is 3.48. The Balaban J connectivity index is 1.31. The summed E-state index contributed by atoms with van der Waals surface area (Å²) >= 11 is 0. The van der Waals surface area contributed by atoms with Crippen LogP contribution in [0.25, 0.3) is 23.0 Å². The number of anilines is 1. The molecule has 2 aromatic carbocycles. The van der Waals surface area contributed by atoms with E-state index in [9.17, 15) is 9.18 Å². The maximum absolute atomic E-state index is 13.1. The summed E-state index contributed by atoms with van der Waals surface area (Å²) in [5.74, 6) is 1.26. The van der Waals surface area contributed by atoms with E-state index in [0.717, 1.165) is 0 Å². The van der Waals surface area contributed by atoms with E-state index in [4.69, 9.17) is 14.0 Å². The number of benzene rings is 2. The van der Waals surface area contributed by atoms with Gasteiger partial charge in [0.1, 0.15) is 18.1 Å². The molecule has 4 aromatic rings. The highest BCUT2D eigenvalue weighted by molar-refractivity contribution is 5.91. The average Bonchev–Trinajstić information content (AvgIpc) is 3.48. The molecule has 9 heteroatoms. The first-order chi connectivity index (χ1) is 14.7. The second-order valence-corrected chi connectivity index (χ2v) is 6.57. The van der Waals surface area contributed by atoms with Crippen LogP contribution in [0.2, 0.25) is 0 Å². The maximum Gasteiger partial charge on any atom is 0.274 e. The Bertz CT molecular complexity index is 1220. The number of ether oxygens (including phenoxy) is 2. The summed E-state index contributed by atoms with van der Waals surface area (Å²) in [4.78, 5) is 16.9. The largest absolute Gasteiger partial charge is 0.454 e. The van der Waals surface area contributed by atoms with Crippen molar-refractivity contribution < 1.29 is 23.2 Å². The molecule has 0 spiro atoms. The highest BCUT2D eigenvalue weighted by Gasteiger charge is 2.17. The van der Waals surface area contributed by atoms with Gasteiger partial charge in [-0.15, -0.1) is 0 Å². The minimum atomic E-state index is -0.343. The van der Waals surface area contributed by atoms with Crippen molar-refractivity contribution in [3.05, 3.63) is 66.6 Å². The van der Waals surface area contributed by atoms with E-state index in [1.165, 1.54) is 12.1 Å². The van der Waals surface area contributed by atoms with E-state index >= 15 is 0 Å². The molecule has 0 bridgehead atoms. The molecule has 0 saturated carbocycles. The van der Waals surface area contributed by atoms with Gasteiger partial charge in [-0.25, -0.2) is 4.39 Å². The van der Waals surface area contributed by atoms with Crippen molar-refractivity contribution >= 4 is 11.6 Å². The molecule has 0 unspecified atom stereocenters. The number of carbonyl (C=O) groups excluding carboxylic acids is 1. The van der Waals surface area contributed by atoms with Crippen LogP contribution in [-0.2, 0) is 11.3 Å². The minimum absolute atomic E-state index is 0.0467. The molecule has 5 rings (SSSR count). The second-order valence-electron chi connectivity index (χ2n) is 6.57. The van der Waals surface area contributed by atoms with Crippen LogP contribution in [0.3, 0.4) is 0 Å². The summed E-state index contributed by atoms with van der Waals surface area (Å²) in [5, 5.41) is 6.77. The predicted molar refractivity (Wildman–Crippen MR) is 104 cm³/mol. The lowest BCUT2D eigenvalue weighted by Crippen LogP contribution is -2.18. The zero-order valence-electron chi connectivity index (χ0n) is 15.5. The SMILES string of the molecule is O=C(Cn1cccc1-c1nc(-c2ccc(F)cc2)no1)Nc1ccc2c(c1)OCO2. The third-order valence-corrected chi connectivity index (χ3v) is 4.55. The van der Waals surface area contributed by atoms with E-state index in [1.54, 1.807) is 53.2 Å². The molecule has 30 heavy (non-hydrogen) atoms. The Morgan fingerprint density at radius 1 is 1.10 bits per heavy atom. The number of amides is 1. The van der Waals surface area contributed by atoms with Gasteiger partial charge in [-0.05, 0) is 48.5 Å². The first-order valence-electron chi connectivity index (χ1n) is 9.10. The molecule has 0 fully saturated rings. The van der Waals surface area contributed by atoms with Gasteiger partial charge in [-0.2, -0.15) is 4.98 Å². The van der Waals surface area contributed by atoms with Crippen molar-refractivity contribution in [2.45, 2.75) is 6.54 Å². The van der Waals surface area contributed by atoms with Crippen LogP contribution in [0.5, 0.6) is 11.5 Å². The summed E-state index contributed by atoms with van der Waals surface area (Å²) < 4.78 is 30.7. The van der Waals surface area contributed by atoms with Crippen molar-refractivity contribution in [2.75, 3.05) is 12.1 Å². The van der Waals surface area contributed by atoms with Crippen molar-refractivity contribution in [1.29, 1.82) is 0 Å². The molecule has 0 aliphatic carbocycles. The number of fused-ring (bicyclic) bond motifs is 1. The van der Waals surface area contributed by atoms with Gasteiger partial charge in [0.05, 0.1) is 0 Å². The number of carbonyl (C=O) groups is 1. The van der Waals surface area contributed by atoms with E-state index in [0.29, 0.717) is 34.3 Å². The van der Waals surface area contributed by atoms with Crippen molar-refractivity contribution in [1.82, 2.24) is 14.7 Å². The summed E-state index contributed by atoms with van der Waals surface area (Å²) in [5.41, 5.74) is 1.83. The van der Waals surface area contributed by atoms with Crippen molar-refractivity contribution in [2.24, 2.45) is 0 Å². The Kier molecular flexibility index (Phi) is 4.40. The monoisotopic (exact) mass is 406 g/mol. The molecule has 0 atom stereocenters. The quantitative estimate of drug-likeness (QED) is 0.543. The Hall–Kier alpha value is -4.14. The van der Waals surface area contributed by atoms with Crippen molar-refractivity contribution in [3.8, 4) is 34.5 Å². The van der Waals surface area contributed by atoms with E-state index < -0.39 is 0 Å². The molecular formula is C21H15FN4O4. The zero-order valence-corrected chi connectivity index (χ0v) is 15.5. The van der Waals surface area contributed by atoms with Gasteiger partial charge in [-0.1, -0.05) is 5.16 Å². The summed E-state index contributed by atoms with van der Waals surface area (Å²) in [7, 11) is 0. The molecule has 1 amide bonds. The van der Waals surface area contributed by atoms with Gasteiger partial charge < -0.3 is 23.9 Å². The minimum Gasteiger partial charge on any atom is -0.454 e. The molecule has 2 aromatic heterocycles. The first-order valence-corrected chi connectivity index (χ1v) is 9.10. The summed E-state index contributed by atoms with van der Waals surface area (Å²) in [6, 6.07) is 14.6. The maximum atomic E-state index is 13.1. The van der Waals surface area contributed by atoms with Gasteiger partial charge >= 0.3 is 0 Å². The van der Waals surface area contributed by atoms with Crippen LogP contribution in [0.15, 0.2) is 65.3 Å². The van der Waals surface area contributed by atoms with Crippen LogP contribution in [0.1, 0.15) is 0 Å². The van der Waals surface area contributed by atoms with Gasteiger partial charge in [0.25, 0.3) is 5.89 Å². The standard InChI is InChI=1S/C21H15FN4O4/c22-14-5-3-13(4-6-14)20-24-21(30-25-20)16-2-1-9-26(16)11-19(27)23-15-7-8-17-18(10-15)29-12-28-17/h1-10H,11-12H2,(H,23,27). The molecule has 8 nitrogen and oxygen atoms in total. The lowest BCUT2D eigenvalue weighted by Gasteiger charge is -2.08. The number of aromatic nitrogens is 3. The smallest absolute Gasteiger partial charge is 0.274 e. The second kappa shape index (κ2) is 7.36. The molecule has 150 valence electrons. The van der Waals surface area contributed by atoms with E-state index in [2.05, 4.69) is 15.5 Å². The Labute approximate surface area is 169 Å². The Morgan fingerprint density at radius 3 is 2.80 bits per heavy atom. The third-order valence-electron chi connectivity index (χ3n) is 4.55. The molecule has 1 aliphatic heterocycles. The van der Waals surface area contributed by atoms with Crippen molar-refractivity contribution in [3.63, 3.8) is 0 Å². The number of hydrogen-bond acceptors (Lipinski definition) is 6. The highest BCUT2D eigenvalue weighted by Crippen LogP contribution is 2.34. The van der Waals surface area contributed by atoms with Crippen LogP contribution < -0.4 is 14.8 Å². The molecule has 3 heterocycles. The van der Waals surface area contributed by atoms with Crippen LogP contribution >= 0.6 is 0 Å².